The molecule has 0 unspecified atom stereocenters. The Kier molecular flexibility index (Phi) is 3.12. The summed E-state index contributed by atoms with van der Waals surface area (Å²) >= 11 is 0. The largest absolute Gasteiger partial charge is 0.319 e. The van der Waals surface area contributed by atoms with E-state index in [-0.39, 0.29) is 0 Å². The van der Waals surface area contributed by atoms with Gasteiger partial charge in [-0.2, -0.15) is 0 Å². The first kappa shape index (κ1) is 8.28. The molecule has 1 heteroatoms. The number of aryl methyl sites for hydroxylation is 1. The molecule has 0 aliphatic carbocycles. The minimum absolute atomic E-state index is 1.06. The minimum atomic E-state index is 1.06. The molecule has 0 atom stereocenters. The normalized spacial score (nSPS) is 10.0. The molecule has 0 aliphatic rings. The highest BCUT2D eigenvalue weighted by Gasteiger charge is 1.89. The first-order valence-corrected chi connectivity index (χ1v) is 4.03. The van der Waals surface area contributed by atoms with Gasteiger partial charge in [0.1, 0.15) is 0 Å². The Bertz CT molecular complexity index is 201. The van der Waals surface area contributed by atoms with Gasteiger partial charge < -0.3 is 5.32 Å². The van der Waals surface area contributed by atoms with Gasteiger partial charge in [-0.3, -0.25) is 0 Å². The highest BCUT2D eigenvalue weighted by molar-refractivity contribution is 5.21. The van der Waals surface area contributed by atoms with E-state index in [2.05, 4.69) is 36.5 Å². The zero-order valence-electron chi connectivity index (χ0n) is 7.22. The molecule has 0 heterocycles. The molecule has 11 heavy (non-hydrogen) atoms. The summed E-state index contributed by atoms with van der Waals surface area (Å²) < 4.78 is 0. The van der Waals surface area contributed by atoms with E-state index in [9.17, 15) is 0 Å². The second-order valence-electron chi connectivity index (χ2n) is 2.84. The Morgan fingerprint density at radius 1 is 1.18 bits per heavy atom. The molecule has 0 saturated carbocycles. The van der Waals surface area contributed by atoms with Crippen LogP contribution in [0.1, 0.15) is 11.1 Å². The van der Waals surface area contributed by atoms with Crippen molar-refractivity contribution in [2.24, 2.45) is 0 Å². The molecule has 1 rings (SSSR count). The van der Waals surface area contributed by atoms with E-state index in [1.807, 2.05) is 7.05 Å². The van der Waals surface area contributed by atoms with E-state index in [1.165, 1.54) is 11.1 Å². The number of likely N-dealkylation sites (N-methyl/N-ethyl adjacent to an activating group) is 1. The molecular weight excluding hydrogens is 134 g/mol. The van der Waals surface area contributed by atoms with Crippen LogP contribution in [0, 0.1) is 6.92 Å². The van der Waals surface area contributed by atoms with E-state index < -0.39 is 0 Å². The summed E-state index contributed by atoms with van der Waals surface area (Å²) in [5.74, 6) is 0. The fourth-order valence-corrected chi connectivity index (χ4v) is 1.02. The summed E-state index contributed by atoms with van der Waals surface area (Å²) in [6, 6.07) is 8.69. The van der Waals surface area contributed by atoms with Crippen LogP contribution in [-0.2, 0) is 6.42 Å². The second kappa shape index (κ2) is 4.14. The van der Waals surface area contributed by atoms with Crippen LogP contribution in [0.15, 0.2) is 24.3 Å². The van der Waals surface area contributed by atoms with Gasteiger partial charge in [-0.1, -0.05) is 29.8 Å². The maximum Gasteiger partial charge on any atom is -0.00114 e. The Labute approximate surface area is 68.4 Å². The van der Waals surface area contributed by atoms with Crippen molar-refractivity contribution in [1.29, 1.82) is 0 Å². The third-order valence-electron chi connectivity index (χ3n) is 1.78. The van der Waals surface area contributed by atoms with Crippen LogP contribution in [0.3, 0.4) is 0 Å². The Hall–Kier alpha value is -0.820. The fraction of sp³-hybridized carbons (Fsp3) is 0.400. The molecular formula is C10H15N. The molecule has 0 aliphatic heterocycles. The number of rotatable bonds is 3. The van der Waals surface area contributed by atoms with Gasteiger partial charge in [0.05, 0.1) is 0 Å². The van der Waals surface area contributed by atoms with Crippen molar-refractivity contribution in [3.05, 3.63) is 35.4 Å². The predicted octanol–water partition coefficient (Wildman–Crippen LogP) is 1.76. The highest BCUT2D eigenvalue weighted by Crippen LogP contribution is 2.02. The molecule has 1 aromatic rings. The average Bonchev–Trinajstić information content (AvgIpc) is 2.04. The number of hydrogen-bond acceptors (Lipinski definition) is 1. The Morgan fingerprint density at radius 3 is 2.36 bits per heavy atom. The van der Waals surface area contributed by atoms with E-state index in [0.717, 1.165) is 13.0 Å². The molecule has 1 nitrogen and oxygen atoms in total. The van der Waals surface area contributed by atoms with Crippen LogP contribution in [0.25, 0.3) is 0 Å². The van der Waals surface area contributed by atoms with Crippen LogP contribution in [0.2, 0.25) is 0 Å². The minimum Gasteiger partial charge on any atom is -0.319 e. The van der Waals surface area contributed by atoms with Gasteiger partial charge in [-0.05, 0) is 32.5 Å². The van der Waals surface area contributed by atoms with Gasteiger partial charge in [0, 0.05) is 0 Å². The fourth-order valence-electron chi connectivity index (χ4n) is 1.02. The van der Waals surface area contributed by atoms with E-state index in [0.29, 0.717) is 0 Å². The molecule has 0 saturated heterocycles. The van der Waals surface area contributed by atoms with Gasteiger partial charge in [0.2, 0.25) is 0 Å². The molecule has 0 spiro atoms. The number of benzene rings is 1. The van der Waals surface area contributed by atoms with Gasteiger partial charge in [-0.15, -0.1) is 0 Å². The molecule has 0 amide bonds. The molecule has 0 radical (unpaired) electrons. The lowest BCUT2D eigenvalue weighted by atomic mass is 10.1. The third-order valence-corrected chi connectivity index (χ3v) is 1.78. The molecule has 0 aromatic heterocycles. The third kappa shape index (κ3) is 2.72. The summed E-state index contributed by atoms with van der Waals surface area (Å²) in [4.78, 5) is 0. The molecule has 1 aromatic carbocycles. The number of nitrogens with one attached hydrogen (secondary N) is 1. The topological polar surface area (TPSA) is 12.0 Å². The van der Waals surface area contributed by atoms with Crippen molar-refractivity contribution in [2.75, 3.05) is 13.6 Å². The standard InChI is InChI=1S/C10H15N/c1-9-3-5-10(6-4-9)7-8-11-2/h3-6,11H,7-8H2,1-2H3. The van der Waals surface area contributed by atoms with Crippen molar-refractivity contribution in [1.82, 2.24) is 5.32 Å². The smallest absolute Gasteiger partial charge is 0.00114 e. The summed E-state index contributed by atoms with van der Waals surface area (Å²) in [6.07, 6.45) is 1.12. The van der Waals surface area contributed by atoms with Crippen molar-refractivity contribution >= 4 is 0 Å². The van der Waals surface area contributed by atoms with Crippen LogP contribution >= 0.6 is 0 Å². The van der Waals surface area contributed by atoms with E-state index in [1.54, 1.807) is 0 Å². The quantitative estimate of drug-likeness (QED) is 0.690. The maximum absolute atomic E-state index is 3.13. The summed E-state index contributed by atoms with van der Waals surface area (Å²) in [7, 11) is 1.98. The molecule has 1 N–H and O–H groups in total. The zero-order chi connectivity index (χ0) is 8.10. The van der Waals surface area contributed by atoms with Crippen molar-refractivity contribution < 1.29 is 0 Å². The van der Waals surface area contributed by atoms with Gasteiger partial charge in [0.15, 0.2) is 0 Å². The number of hydrogen-bond donors (Lipinski definition) is 1. The van der Waals surface area contributed by atoms with Crippen LogP contribution in [-0.4, -0.2) is 13.6 Å². The Morgan fingerprint density at radius 2 is 1.82 bits per heavy atom. The summed E-state index contributed by atoms with van der Waals surface area (Å²) in [5.41, 5.74) is 2.74. The van der Waals surface area contributed by atoms with Crippen LogP contribution in [0.5, 0.6) is 0 Å². The molecule has 0 bridgehead atoms. The lowest BCUT2D eigenvalue weighted by molar-refractivity contribution is 0.791. The highest BCUT2D eigenvalue weighted by atomic mass is 14.8. The van der Waals surface area contributed by atoms with E-state index >= 15 is 0 Å². The van der Waals surface area contributed by atoms with Crippen molar-refractivity contribution in [2.45, 2.75) is 13.3 Å². The van der Waals surface area contributed by atoms with Gasteiger partial charge in [0.25, 0.3) is 0 Å². The monoisotopic (exact) mass is 149 g/mol. The lowest BCUT2D eigenvalue weighted by Gasteiger charge is -2.00. The summed E-state index contributed by atoms with van der Waals surface area (Å²) in [5, 5.41) is 3.13. The molecule has 0 fully saturated rings. The predicted molar refractivity (Wildman–Crippen MR) is 48.8 cm³/mol. The van der Waals surface area contributed by atoms with Crippen molar-refractivity contribution in [3.8, 4) is 0 Å². The van der Waals surface area contributed by atoms with Crippen molar-refractivity contribution in [3.63, 3.8) is 0 Å². The Balaban J connectivity index is 2.52. The molecule has 60 valence electrons. The summed E-state index contributed by atoms with van der Waals surface area (Å²) in [6.45, 7) is 3.17. The van der Waals surface area contributed by atoms with Gasteiger partial charge in [-0.25, -0.2) is 0 Å². The van der Waals surface area contributed by atoms with Crippen LogP contribution < -0.4 is 5.32 Å². The first-order valence-electron chi connectivity index (χ1n) is 4.03. The average molecular weight is 149 g/mol. The SMILES string of the molecule is CNCCc1ccc(C)cc1. The first-order chi connectivity index (χ1) is 5.33. The zero-order valence-corrected chi connectivity index (χ0v) is 7.22. The van der Waals surface area contributed by atoms with Gasteiger partial charge >= 0.3 is 0 Å². The van der Waals surface area contributed by atoms with Crippen LogP contribution in [0.4, 0.5) is 0 Å². The maximum atomic E-state index is 3.13. The van der Waals surface area contributed by atoms with E-state index in [4.69, 9.17) is 0 Å². The lowest BCUT2D eigenvalue weighted by Crippen LogP contribution is -2.10. The second-order valence-corrected chi connectivity index (χ2v) is 2.84.